The number of benzene rings is 1. The summed E-state index contributed by atoms with van der Waals surface area (Å²) in [5.41, 5.74) is 0.652. The van der Waals surface area contributed by atoms with Gasteiger partial charge < -0.3 is 9.64 Å². The summed E-state index contributed by atoms with van der Waals surface area (Å²) < 4.78 is 7.96. The number of methoxy groups -OCH3 is 1. The standard InChI is InChI=1S/C17H21BrN4O2/c1-24-14-3-4-16(18)15(13-14)17(23)21-10-7-20(8-11-21)9-12-22-6-2-5-19-22/h2-6,13H,7-12H2,1H3. The van der Waals surface area contributed by atoms with E-state index in [0.717, 1.165) is 43.7 Å². The van der Waals surface area contributed by atoms with Crippen molar-refractivity contribution in [3.63, 3.8) is 0 Å². The average Bonchev–Trinajstić information content (AvgIpc) is 3.14. The molecule has 1 fully saturated rings. The van der Waals surface area contributed by atoms with Crippen LogP contribution in [0.15, 0.2) is 41.1 Å². The lowest BCUT2D eigenvalue weighted by Crippen LogP contribution is -2.49. The Morgan fingerprint density at radius 3 is 2.71 bits per heavy atom. The zero-order valence-electron chi connectivity index (χ0n) is 13.7. The van der Waals surface area contributed by atoms with E-state index < -0.39 is 0 Å². The number of amides is 1. The minimum absolute atomic E-state index is 0.0486. The van der Waals surface area contributed by atoms with Crippen molar-refractivity contribution in [3.8, 4) is 5.75 Å². The van der Waals surface area contributed by atoms with Crippen molar-refractivity contribution in [1.82, 2.24) is 19.6 Å². The molecule has 0 unspecified atom stereocenters. The number of carbonyl (C=O) groups is 1. The second-order valence-corrected chi connectivity index (χ2v) is 6.60. The van der Waals surface area contributed by atoms with Gasteiger partial charge in [0.25, 0.3) is 5.91 Å². The fourth-order valence-corrected chi connectivity index (χ4v) is 3.23. The van der Waals surface area contributed by atoms with E-state index in [1.54, 1.807) is 19.4 Å². The van der Waals surface area contributed by atoms with Crippen LogP contribution in [-0.4, -0.2) is 65.3 Å². The summed E-state index contributed by atoms with van der Waals surface area (Å²) in [6.07, 6.45) is 3.77. The number of ether oxygens (including phenoxy) is 1. The Morgan fingerprint density at radius 1 is 1.25 bits per heavy atom. The monoisotopic (exact) mass is 392 g/mol. The van der Waals surface area contributed by atoms with E-state index in [1.165, 1.54) is 0 Å². The highest BCUT2D eigenvalue weighted by molar-refractivity contribution is 9.10. The van der Waals surface area contributed by atoms with Crippen molar-refractivity contribution in [2.24, 2.45) is 0 Å². The molecule has 1 aliphatic rings. The van der Waals surface area contributed by atoms with Gasteiger partial charge in [0.1, 0.15) is 5.75 Å². The molecular weight excluding hydrogens is 372 g/mol. The molecule has 0 aliphatic carbocycles. The first-order valence-corrected chi connectivity index (χ1v) is 8.79. The Bertz CT molecular complexity index is 682. The summed E-state index contributed by atoms with van der Waals surface area (Å²) in [6, 6.07) is 7.42. The molecule has 3 rings (SSSR count). The molecule has 2 heterocycles. The van der Waals surface area contributed by atoms with Gasteiger partial charge in [-0.2, -0.15) is 5.10 Å². The highest BCUT2D eigenvalue weighted by Gasteiger charge is 2.23. The van der Waals surface area contributed by atoms with Crippen LogP contribution in [0.5, 0.6) is 5.75 Å². The smallest absolute Gasteiger partial charge is 0.255 e. The van der Waals surface area contributed by atoms with Crippen LogP contribution >= 0.6 is 15.9 Å². The quantitative estimate of drug-likeness (QED) is 0.781. The van der Waals surface area contributed by atoms with Crippen molar-refractivity contribution in [3.05, 3.63) is 46.7 Å². The highest BCUT2D eigenvalue weighted by atomic mass is 79.9. The van der Waals surface area contributed by atoms with Gasteiger partial charge in [-0.3, -0.25) is 14.4 Å². The van der Waals surface area contributed by atoms with Gasteiger partial charge in [0, 0.05) is 49.6 Å². The lowest BCUT2D eigenvalue weighted by Gasteiger charge is -2.34. The molecule has 0 N–H and O–H groups in total. The predicted molar refractivity (Wildman–Crippen MR) is 95.3 cm³/mol. The van der Waals surface area contributed by atoms with Crippen molar-refractivity contribution in [2.45, 2.75) is 6.54 Å². The first-order valence-electron chi connectivity index (χ1n) is 8.00. The van der Waals surface area contributed by atoms with E-state index in [0.29, 0.717) is 11.3 Å². The first-order chi connectivity index (χ1) is 11.7. The lowest BCUT2D eigenvalue weighted by molar-refractivity contribution is 0.0630. The average molecular weight is 393 g/mol. The highest BCUT2D eigenvalue weighted by Crippen LogP contribution is 2.24. The molecule has 6 nitrogen and oxygen atoms in total. The number of aromatic nitrogens is 2. The van der Waals surface area contributed by atoms with E-state index in [4.69, 9.17) is 4.74 Å². The van der Waals surface area contributed by atoms with Gasteiger partial charge in [-0.05, 0) is 40.2 Å². The Hall–Kier alpha value is -1.86. The maximum Gasteiger partial charge on any atom is 0.255 e. The molecule has 1 saturated heterocycles. The Kier molecular flexibility index (Phi) is 5.52. The Balaban J connectivity index is 1.55. The topological polar surface area (TPSA) is 50.6 Å². The lowest BCUT2D eigenvalue weighted by atomic mass is 10.1. The molecule has 1 aliphatic heterocycles. The fraction of sp³-hybridized carbons (Fsp3) is 0.412. The van der Waals surface area contributed by atoms with Crippen LogP contribution in [0.1, 0.15) is 10.4 Å². The maximum absolute atomic E-state index is 12.7. The van der Waals surface area contributed by atoms with Gasteiger partial charge in [0.05, 0.1) is 19.2 Å². The largest absolute Gasteiger partial charge is 0.497 e. The van der Waals surface area contributed by atoms with E-state index in [-0.39, 0.29) is 5.91 Å². The van der Waals surface area contributed by atoms with Gasteiger partial charge in [-0.1, -0.05) is 0 Å². The molecule has 1 aromatic heterocycles. The number of halogens is 1. The molecule has 0 spiro atoms. The number of carbonyl (C=O) groups excluding carboxylic acids is 1. The van der Waals surface area contributed by atoms with E-state index in [2.05, 4.69) is 25.9 Å². The molecule has 128 valence electrons. The SMILES string of the molecule is COc1ccc(Br)c(C(=O)N2CCN(CCn3cccn3)CC2)c1. The summed E-state index contributed by atoms with van der Waals surface area (Å²) >= 11 is 3.46. The third kappa shape index (κ3) is 3.96. The summed E-state index contributed by atoms with van der Waals surface area (Å²) in [6.45, 7) is 5.07. The fourth-order valence-electron chi connectivity index (χ4n) is 2.82. The molecule has 0 atom stereocenters. The molecule has 24 heavy (non-hydrogen) atoms. The molecule has 1 amide bonds. The predicted octanol–water partition coefficient (Wildman–Crippen LogP) is 2.11. The van der Waals surface area contributed by atoms with Crippen molar-refractivity contribution in [1.29, 1.82) is 0 Å². The number of nitrogens with zero attached hydrogens (tertiary/aromatic N) is 4. The number of rotatable bonds is 5. The van der Waals surface area contributed by atoms with Gasteiger partial charge >= 0.3 is 0 Å². The first kappa shape index (κ1) is 17.0. The third-order valence-corrected chi connectivity index (χ3v) is 4.96. The van der Waals surface area contributed by atoms with E-state index in [1.807, 2.05) is 34.0 Å². The van der Waals surface area contributed by atoms with Gasteiger partial charge in [0.15, 0.2) is 0 Å². The zero-order chi connectivity index (χ0) is 16.9. The minimum atomic E-state index is 0.0486. The van der Waals surface area contributed by atoms with Gasteiger partial charge in [-0.15, -0.1) is 0 Å². The summed E-state index contributed by atoms with van der Waals surface area (Å²) in [7, 11) is 1.61. The molecule has 0 radical (unpaired) electrons. The number of piperazine rings is 1. The molecule has 2 aromatic rings. The molecular formula is C17H21BrN4O2. The third-order valence-electron chi connectivity index (χ3n) is 4.27. The van der Waals surface area contributed by atoms with Crippen molar-refractivity contribution >= 4 is 21.8 Å². The van der Waals surface area contributed by atoms with E-state index >= 15 is 0 Å². The van der Waals surface area contributed by atoms with Crippen molar-refractivity contribution in [2.75, 3.05) is 39.8 Å². The van der Waals surface area contributed by atoms with Crippen LogP contribution in [-0.2, 0) is 6.54 Å². The van der Waals surface area contributed by atoms with Crippen LogP contribution in [0.25, 0.3) is 0 Å². The second kappa shape index (κ2) is 7.81. The van der Waals surface area contributed by atoms with Crippen LogP contribution < -0.4 is 4.74 Å². The van der Waals surface area contributed by atoms with Crippen LogP contribution in [0.3, 0.4) is 0 Å². The maximum atomic E-state index is 12.7. The van der Waals surface area contributed by atoms with Crippen LogP contribution in [0, 0.1) is 0 Å². The van der Waals surface area contributed by atoms with Crippen LogP contribution in [0.4, 0.5) is 0 Å². The number of hydrogen-bond acceptors (Lipinski definition) is 4. The molecule has 1 aromatic carbocycles. The van der Waals surface area contributed by atoms with Gasteiger partial charge in [-0.25, -0.2) is 0 Å². The van der Waals surface area contributed by atoms with Crippen LogP contribution in [0.2, 0.25) is 0 Å². The minimum Gasteiger partial charge on any atom is -0.497 e. The summed E-state index contributed by atoms with van der Waals surface area (Å²) in [4.78, 5) is 17.0. The summed E-state index contributed by atoms with van der Waals surface area (Å²) in [5, 5.41) is 4.22. The van der Waals surface area contributed by atoms with Crippen molar-refractivity contribution < 1.29 is 9.53 Å². The molecule has 0 bridgehead atoms. The normalized spacial score (nSPS) is 15.5. The second-order valence-electron chi connectivity index (χ2n) is 5.75. The Labute approximate surface area is 150 Å². The van der Waals surface area contributed by atoms with E-state index in [9.17, 15) is 4.79 Å². The Morgan fingerprint density at radius 2 is 2.04 bits per heavy atom. The number of hydrogen-bond donors (Lipinski definition) is 0. The summed E-state index contributed by atoms with van der Waals surface area (Å²) in [5.74, 6) is 0.743. The van der Waals surface area contributed by atoms with Gasteiger partial charge in [0.2, 0.25) is 0 Å². The molecule has 7 heteroatoms. The molecule has 0 saturated carbocycles. The zero-order valence-corrected chi connectivity index (χ0v) is 15.3.